The van der Waals surface area contributed by atoms with Crippen LogP contribution in [0, 0.1) is 13.8 Å². The van der Waals surface area contributed by atoms with Crippen LogP contribution >= 0.6 is 0 Å². The summed E-state index contributed by atoms with van der Waals surface area (Å²) in [7, 11) is 0. The molecule has 0 aliphatic carbocycles. The molecule has 0 atom stereocenters. The van der Waals surface area contributed by atoms with Crippen molar-refractivity contribution >= 4 is 12.1 Å². The average Bonchev–Trinajstić information content (AvgIpc) is 2.99. The Bertz CT molecular complexity index is 862. The lowest BCUT2D eigenvalue weighted by atomic mass is 10.1. The molecule has 0 aliphatic heterocycles. The fourth-order valence-electron chi connectivity index (χ4n) is 2.51. The zero-order valence-electron chi connectivity index (χ0n) is 13.7. The fourth-order valence-corrected chi connectivity index (χ4v) is 2.51. The summed E-state index contributed by atoms with van der Waals surface area (Å²) in [5.74, 6) is -0.228. The molecule has 2 N–H and O–H groups in total. The lowest BCUT2D eigenvalue weighted by Crippen LogP contribution is -2.17. The Hall–Kier alpha value is -3.14. The maximum absolute atomic E-state index is 12.3. The number of aromatic amines is 1. The van der Waals surface area contributed by atoms with E-state index in [4.69, 9.17) is 0 Å². The Labute approximate surface area is 141 Å². The topological polar surface area (TPSA) is 57.2 Å². The number of hydrazone groups is 1. The lowest BCUT2D eigenvalue weighted by molar-refractivity contribution is 0.0955. The van der Waals surface area contributed by atoms with E-state index in [-0.39, 0.29) is 5.91 Å². The van der Waals surface area contributed by atoms with E-state index < -0.39 is 0 Å². The number of nitrogens with one attached hydrogen (secondary N) is 2. The van der Waals surface area contributed by atoms with Gasteiger partial charge in [0.1, 0.15) is 0 Å². The molecule has 0 spiro atoms. The molecule has 3 rings (SSSR count). The van der Waals surface area contributed by atoms with Crippen molar-refractivity contribution in [3.63, 3.8) is 0 Å². The Morgan fingerprint density at radius 3 is 2.46 bits per heavy atom. The molecule has 1 amide bonds. The zero-order chi connectivity index (χ0) is 16.9. The van der Waals surface area contributed by atoms with Crippen molar-refractivity contribution < 1.29 is 4.79 Å². The maximum atomic E-state index is 12.3. The van der Waals surface area contributed by atoms with Crippen LogP contribution in [0.15, 0.2) is 65.9 Å². The van der Waals surface area contributed by atoms with E-state index >= 15 is 0 Å². The molecule has 0 unspecified atom stereocenters. The van der Waals surface area contributed by atoms with Gasteiger partial charge in [-0.2, -0.15) is 5.10 Å². The van der Waals surface area contributed by atoms with Crippen molar-refractivity contribution in [3.8, 4) is 11.3 Å². The predicted octanol–water partition coefficient (Wildman–Crippen LogP) is 4.06. The van der Waals surface area contributed by atoms with E-state index in [9.17, 15) is 4.79 Å². The van der Waals surface area contributed by atoms with Gasteiger partial charge in [-0.05, 0) is 30.5 Å². The highest BCUT2D eigenvalue weighted by Gasteiger charge is 2.14. The molecule has 0 bridgehead atoms. The third-order valence-electron chi connectivity index (χ3n) is 3.90. The van der Waals surface area contributed by atoms with Crippen LogP contribution < -0.4 is 5.43 Å². The molecule has 0 saturated heterocycles. The Morgan fingerprint density at radius 1 is 1.04 bits per heavy atom. The monoisotopic (exact) mass is 317 g/mol. The van der Waals surface area contributed by atoms with Crippen LogP contribution in [-0.2, 0) is 0 Å². The summed E-state index contributed by atoms with van der Waals surface area (Å²) in [4.78, 5) is 15.5. The van der Waals surface area contributed by atoms with Crippen LogP contribution in [0.5, 0.6) is 0 Å². The minimum Gasteiger partial charge on any atom is -0.360 e. The summed E-state index contributed by atoms with van der Waals surface area (Å²) in [5.41, 5.74) is 8.21. The van der Waals surface area contributed by atoms with Crippen molar-refractivity contribution in [2.75, 3.05) is 0 Å². The zero-order valence-corrected chi connectivity index (χ0v) is 13.7. The number of carbonyl (C=O) groups is 1. The molecule has 0 fully saturated rings. The first kappa shape index (κ1) is 15.7. The molecular formula is C20H19N3O. The predicted molar refractivity (Wildman–Crippen MR) is 97.2 cm³/mol. The van der Waals surface area contributed by atoms with Crippen LogP contribution in [0.1, 0.15) is 27.0 Å². The number of aromatic nitrogens is 1. The Kier molecular flexibility index (Phi) is 4.57. The van der Waals surface area contributed by atoms with Crippen LogP contribution in [0.4, 0.5) is 0 Å². The normalized spacial score (nSPS) is 10.9. The van der Waals surface area contributed by atoms with Gasteiger partial charge in [0.2, 0.25) is 0 Å². The fraction of sp³-hybridized carbons (Fsp3) is 0.100. The molecule has 3 aromatic rings. The molecule has 4 nitrogen and oxygen atoms in total. The highest BCUT2D eigenvalue weighted by molar-refractivity contribution is 5.97. The van der Waals surface area contributed by atoms with Crippen molar-refractivity contribution in [3.05, 3.63) is 83.0 Å². The van der Waals surface area contributed by atoms with Crippen LogP contribution in [0.3, 0.4) is 0 Å². The largest absolute Gasteiger partial charge is 0.360 e. The second-order valence-electron chi connectivity index (χ2n) is 5.68. The number of nitrogens with zero attached hydrogens (tertiary/aromatic N) is 1. The summed E-state index contributed by atoms with van der Waals surface area (Å²) >= 11 is 0. The highest BCUT2D eigenvalue weighted by atomic mass is 16.2. The van der Waals surface area contributed by atoms with Crippen LogP contribution in [-0.4, -0.2) is 17.1 Å². The standard InChI is InChI=1S/C20H19N3O/c1-14-8-10-16(11-9-14)12-22-23-20(24)18-13-21-19(15(18)2)17-6-4-3-5-7-17/h3-13,21H,1-2H3,(H,23,24)/b22-12+. The third-order valence-corrected chi connectivity index (χ3v) is 3.90. The van der Waals surface area contributed by atoms with Gasteiger partial charge in [-0.25, -0.2) is 5.43 Å². The smallest absolute Gasteiger partial charge is 0.273 e. The number of carbonyl (C=O) groups excluding carboxylic acids is 1. The average molecular weight is 317 g/mol. The van der Waals surface area contributed by atoms with Gasteiger partial charge in [0.05, 0.1) is 11.8 Å². The van der Waals surface area contributed by atoms with Crippen molar-refractivity contribution in [2.45, 2.75) is 13.8 Å². The van der Waals surface area contributed by atoms with Crippen molar-refractivity contribution in [2.24, 2.45) is 5.10 Å². The molecule has 0 radical (unpaired) electrons. The van der Waals surface area contributed by atoms with Gasteiger partial charge in [-0.15, -0.1) is 0 Å². The van der Waals surface area contributed by atoms with Gasteiger partial charge in [-0.3, -0.25) is 4.79 Å². The number of rotatable bonds is 4. The molecule has 120 valence electrons. The van der Waals surface area contributed by atoms with E-state index in [1.54, 1.807) is 12.4 Å². The molecule has 0 saturated carbocycles. The second kappa shape index (κ2) is 6.96. The minimum atomic E-state index is -0.228. The first-order valence-corrected chi connectivity index (χ1v) is 7.78. The van der Waals surface area contributed by atoms with Crippen molar-refractivity contribution in [1.82, 2.24) is 10.4 Å². The van der Waals surface area contributed by atoms with Gasteiger partial charge >= 0.3 is 0 Å². The number of amides is 1. The van der Waals surface area contributed by atoms with E-state index in [0.29, 0.717) is 5.56 Å². The number of hydrogen-bond donors (Lipinski definition) is 2. The highest BCUT2D eigenvalue weighted by Crippen LogP contribution is 2.24. The van der Waals surface area contributed by atoms with Gasteiger partial charge in [0.25, 0.3) is 5.91 Å². The Balaban J connectivity index is 1.72. The molecule has 1 heterocycles. The van der Waals surface area contributed by atoms with E-state index in [2.05, 4.69) is 15.5 Å². The molecular weight excluding hydrogens is 298 g/mol. The first-order valence-electron chi connectivity index (χ1n) is 7.78. The van der Waals surface area contributed by atoms with Crippen molar-refractivity contribution in [1.29, 1.82) is 0 Å². The van der Waals surface area contributed by atoms with Gasteiger partial charge < -0.3 is 4.98 Å². The van der Waals surface area contributed by atoms with Gasteiger partial charge in [-0.1, -0.05) is 60.2 Å². The summed E-state index contributed by atoms with van der Waals surface area (Å²) in [6.07, 6.45) is 3.35. The van der Waals surface area contributed by atoms with E-state index in [1.165, 1.54) is 5.56 Å². The van der Waals surface area contributed by atoms with Crippen LogP contribution in [0.2, 0.25) is 0 Å². The van der Waals surface area contributed by atoms with Crippen LogP contribution in [0.25, 0.3) is 11.3 Å². The van der Waals surface area contributed by atoms with Gasteiger partial charge in [0.15, 0.2) is 0 Å². The second-order valence-corrected chi connectivity index (χ2v) is 5.68. The summed E-state index contributed by atoms with van der Waals surface area (Å²) in [5, 5.41) is 4.03. The minimum absolute atomic E-state index is 0.228. The molecule has 2 aromatic carbocycles. The summed E-state index contributed by atoms with van der Waals surface area (Å²) in [6, 6.07) is 17.9. The quantitative estimate of drug-likeness (QED) is 0.553. The van der Waals surface area contributed by atoms with E-state index in [0.717, 1.165) is 22.4 Å². The lowest BCUT2D eigenvalue weighted by Gasteiger charge is -2.02. The number of hydrogen-bond acceptors (Lipinski definition) is 2. The SMILES string of the molecule is Cc1ccc(/C=N/NC(=O)c2c[nH]c(-c3ccccc3)c2C)cc1. The molecule has 24 heavy (non-hydrogen) atoms. The van der Waals surface area contributed by atoms with E-state index in [1.807, 2.05) is 68.4 Å². The number of H-pyrrole nitrogens is 1. The third kappa shape index (κ3) is 3.43. The number of benzene rings is 2. The van der Waals surface area contributed by atoms with Gasteiger partial charge in [0, 0.05) is 11.9 Å². The molecule has 0 aliphatic rings. The maximum Gasteiger partial charge on any atom is 0.273 e. The molecule has 4 heteroatoms. The molecule has 1 aromatic heterocycles. The first-order chi connectivity index (χ1) is 11.6. The Morgan fingerprint density at radius 2 is 1.75 bits per heavy atom. The summed E-state index contributed by atoms with van der Waals surface area (Å²) < 4.78 is 0. The summed E-state index contributed by atoms with van der Waals surface area (Å²) in [6.45, 7) is 3.96. The number of aryl methyl sites for hydroxylation is 1.